The summed E-state index contributed by atoms with van der Waals surface area (Å²) in [4.78, 5) is 4.61. The van der Waals surface area contributed by atoms with Crippen LogP contribution in [0, 0.1) is 3.57 Å². The van der Waals surface area contributed by atoms with Gasteiger partial charge in [0.25, 0.3) is 0 Å². The number of benzene rings is 1. The average molecular weight is 409 g/mol. The Bertz CT molecular complexity index is 474. The van der Waals surface area contributed by atoms with Crippen molar-refractivity contribution in [2.45, 2.75) is 11.7 Å². The molecule has 1 aliphatic heterocycles. The molecule has 0 saturated carbocycles. The van der Waals surface area contributed by atoms with E-state index in [0.29, 0.717) is 0 Å². The van der Waals surface area contributed by atoms with E-state index in [1.165, 1.54) is 9.13 Å². The number of aromatic nitrogens is 2. The highest BCUT2D eigenvalue weighted by Crippen LogP contribution is 2.28. The van der Waals surface area contributed by atoms with Crippen LogP contribution >= 0.6 is 51.3 Å². The van der Waals surface area contributed by atoms with Crippen LogP contribution in [0.1, 0.15) is 0 Å². The molecule has 0 unspecified atom stereocenters. The third-order valence-electron chi connectivity index (χ3n) is 2.44. The van der Waals surface area contributed by atoms with E-state index in [9.17, 15) is 0 Å². The minimum Gasteiger partial charge on any atom is -0.325 e. The van der Waals surface area contributed by atoms with Gasteiger partial charge in [-0.1, -0.05) is 23.9 Å². The molecule has 5 heteroatoms. The van der Waals surface area contributed by atoms with Crippen LogP contribution in [0.2, 0.25) is 0 Å². The Labute approximate surface area is 123 Å². The van der Waals surface area contributed by atoms with E-state index in [1.54, 1.807) is 0 Å². The van der Waals surface area contributed by atoms with E-state index in [2.05, 4.69) is 62.6 Å². The third kappa shape index (κ3) is 2.31. The van der Waals surface area contributed by atoms with Crippen molar-refractivity contribution in [3.8, 4) is 11.3 Å². The van der Waals surface area contributed by atoms with Gasteiger partial charge in [-0.25, -0.2) is 4.98 Å². The van der Waals surface area contributed by atoms with Crippen LogP contribution in [0.4, 0.5) is 0 Å². The molecule has 0 bridgehead atoms. The Hall–Kier alpha value is -0.0100. The molecule has 0 N–H and O–H groups in total. The molecule has 3 rings (SSSR count). The zero-order valence-electron chi connectivity index (χ0n) is 8.39. The topological polar surface area (TPSA) is 17.8 Å². The quantitative estimate of drug-likeness (QED) is 0.667. The first-order valence-electron chi connectivity index (χ1n) is 4.79. The van der Waals surface area contributed by atoms with Gasteiger partial charge in [-0.3, -0.25) is 0 Å². The Kier molecular flexibility index (Phi) is 3.97. The van der Waals surface area contributed by atoms with E-state index in [4.69, 9.17) is 0 Å². The molecular formula is C11H10BrIN2S. The van der Waals surface area contributed by atoms with Crippen LogP contribution in [0.25, 0.3) is 11.3 Å². The SMILES string of the molecule is Br.Ic1ccc(-c2cn3c(n2)SCC3)cc1. The molecule has 0 radical (unpaired) electrons. The fourth-order valence-electron chi connectivity index (χ4n) is 1.67. The van der Waals surface area contributed by atoms with Crippen LogP contribution in [0.15, 0.2) is 35.6 Å². The van der Waals surface area contributed by atoms with Crippen LogP contribution in [-0.4, -0.2) is 15.3 Å². The summed E-state index contributed by atoms with van der Waals surface area (Å²) in [6, 6.07) is 8.50. The normalized spacial score (nSPS) is 13.3. The van der Waals surface area contributed by atoms with Crippen LogP contribution in [0.3, 0.4) is 0 Å². The first-order valence-corrected chi connectivity index (χ1v) is 6.85. The number of fused-ring (bicyclic) bond motifs is 1. The van der Waals surface area contributed by atoms with Gasteiger partial charge in [0.05, 0.1) is 5.69 Å². The lowest BCUT2D eigenvalue weighted by Gasteiger charge is -1.96. The van der Waals surface area contributed by atoms with Crippen molar-refractivity contribution >= 4 is 51.3 Å². The number of halogens is 2. The van der Waals surface area contributed by atoms with E-state index in [-0.39, 0.29) is 17.0 Å². The summed E-state index contributed by atoms with van der Waals surface area (Å²) in [6.45, 7) is 1.09. The third-order valence-corrected chi connectivity index (χ3v) is 4.13. The molecule has 84 valence electrons. The molecule has 1 aromatic carbocycles. The van der Waals surface area contributed by atoms with Gasteiger partial charge in [0.15, 0.2) is 5.16 Å². The largest absolute Gasteiger partial charge is 0.325 e. The predicted molar refractivity (Wildman–Crippen MR) is 81.4 cm³/mol. The second-order valence-corrected chi connectivity index (χ2v) is 5.77. The van der Waals surface area contributed by atoms with Crippen molar-refractivity contribution in [1.82, 2.24) is 9.55 Å². The van der Waals surface area contributed by atoms with Crippen LogP contribution in [0.5, 0.6) is 0 Å². The van der Waals surface area contributed by atoms with Gasteiger partial charge in [-0.15, -0.1) is 17.0 Å². The summed E-state index contributed by atoms with van der Waals surface area (Å²) in [5.74, 6) is 1.16. The number of rotatable bonds is 1. The molecule has 0 saturated heterocycles. The number of imidazole rings is 1. The lowest BCUT2D eigenvalue weighted by Crippen LogP contribution is -1.89. The highest BCUT2D eigenvalue weighted by molar-refractivity contribution is 14.1. The Morgan fingerprint density at radius 1 is 1.25 bits per heavy atom. The molecule has 1 aromatic heterocycles. The van der Waals surface area contributed by atoms with Crippen molar-refractivity contribution < 1.29 is 0 Å². The minimum atomic E-state index is 0. The zero-order valence-corrected chi connectivity index (χ0v) is 13.1. The number of nitrogens with zero attached hydrogens (tertiary/aromatic N) is 2. The van der Waals surface area contributed by atoms with Gasteiger partial charge in [0.2, 0.25) is 0 Å². The lowest BCUT2D eigenvalue weighted by molar-refractivity contribution is 0.719. The van der Waals surface area contributed by atoms with E-state index in [1.807, 2.05) is 11.8 Å². The summed E-state index contributed by atoms with van der Waals surface area (Å²) in [7, 11) is 0. The smallest absolute Gasteiger partial charge is 0.168 e. The Morgan fingerprint density at radius 3 is 2.69 bits per heavy atom. The average Bonchev–Trinajstić information content (AvgIpc) is 2.78. The van der Waals surface area contributed by atoms with Crippen molar-refractivity contribution in [2.75, 3.05) is 5.75 Å². The molecule has 0 fully saturated rings. The van der Waals surface area contributed by atoms with Crippen LogP contribution in [-0.2, 0) is 6.54 Å². The monoisotopic (exact) mass is 408 g/mol. The van der Waals surface area contributed by atoms with Crippen LogP contribution < -0.4 is 0 Å². The Balaban J connectivity index is 0.000000963. The van der Waals surface area contributed by atoms with Crippen molar-refractivity contribution in [2.24, 2.45) is 0 Å². The minimum absolute atomic E-state index is 0. The highest BCUT2D eigenvalue weighted by atomic mass is 127. The van der Waals surface area contributed by atoms with Gasteiger partial charge in [0.1, 0.15) is 0 Å². The van der Waals surface area contributed by atoms with E-state index in [0.717, 1.165) is 23.1 Å². The Morgan fingerprint density at radius 2 is 2.00 bits per heavy atom. The highest BCUT2D eigenvalue weighted by Gasteiger charge is 2.14. The molecule has 1 aliphatic rings. The summed E-state index contributed by atoms with van der Waals surface area (Å²) in [5.41, 5.74) is 2.30. The summed E-state index contributed by atoms with van der Waals surface area (Å²) < 4.78 is 3.50. The number of hydrogen-bond donors (Lipinski definition) is 0. The molecule has 2 aromatic rings. The molecule has 0 spiro atoms. The lowest BCUT2D eigenvalue weighted by atomic mass is 10.2. The maximum absolute atomic E-state index is 4.61. The fraction of sp³-hybridized carbons (Fsp3) is 0.182. The molecule has 0 atom stereocenters. The molecule has 2 nitrogen and oxygen atoms in total. The molecule has 16 heavy (non-hydrogen) atoms. The van der Waals surface area contributed by atoms with Gasteiger partial charge in [-0.2, -0.15) is 0 Å². The second kappa shape index (κ2) is 5.10. The molecular weight excluding hydrogens is 399 g/mol. The molecule has 2 heterocycles. The van der Waals surface area contributed by atoms with Crippen molar-refractivity contribution in [1.29, 1.82) is 0 Å². The first kappa shape index (κ1) is 12.4. The maximum Gasteiger partial charge on any atom is 0.168 e. The summed E-state index contributed by atoms with van der Waals surface area (Å²) in [5, 5.41) is 1.16. The number of thioether (sulfide) groups is 1. The van der Waals surface area contributed by atoms with E-state index < -0.39 is 0 Å². The summed E-state index contributed by atoms with van der Waals surface area (Å²) in [6.07, 6.45) is 2.15. The fourth-order valence-corrected chi connectivity index (χ4v) is 2.97. The zero-order chi connectivity index (χ0) is 10.3. The maximum atomic E-state index is 4.61. The van der Waals surface area contributed by atoms with Gasteiger partial charge in [-0.05, 0) is 34.7 Å². The first-order chi connectivity index (χ1) is 7.33. The predicted octanol–water partition coefficient (Wildman–Crippen LogP) is 3.84. The molecule has 0 aliphatic carbocycles. The number of aryl methyl sites for hydroxylation is 1. The number of hydrogen-bond acceptors (Lipinski definition) is 2. The van der Waals surface area contributed by atoms with Crippen molar-refractivity contribution in [3.05, 3.63) is 34.0 Å². The second-order valence-electron chi connectivity index (χ2n) is 3.46. The summed E-state index contributed by atoms with van der Waals surface area (Å²) >= 11 is 4.15. The van der Waals surface area contributed by atoms with Gasteiger partial charge < -0.3 is 4.57 Å². The van der Waals surface area contributed by atoms with Gasteiger partial charge >= 0.3 is 0 Å². The standard InChI is InChI=1S/C11H9IN2S.BrH/c12-9-3-1-8(2-4-9)10-7-14-5-6-15-11(14)13-10;/h1-4,7H,5-6H2;1H. The molecule has 0 amide bonds. The van der Waals surface area contributed by atoms with Crippen molar-refractivity contribution in [3.63, 3.8) is 0 Å². The van der Waals surface area contributed by atoms with Gasteiger partial charge in [0, 0.05) is 27.6 Å². The van der Waals surface area contributed by atoms with E-state index >= 15 is 0 Å².